The molecule has 0 fully saturated rings. The minimum absolute atomic E-state index is 0.0668. The van der Waals surface area contributed by atoms with Crippen molar-refractivity contribution in [1.82, 2.24) is 0 Å². The number of thiophene rings is 2. The van der Waals surface area contributed by atoms with E-state index in [0.29, 0.717) is 5.56 Å². The Morgan fingerprint density at radius 3 is 1.89 bits per heavy atom. The van der Waals surface area contributed by atoms with Gasteiger partial charge >= 0.3 is 5.97 Å². The molecule has 0 amide bonds. The Balaban J connectivity index is 0.000000222. The molecule has 3 aromatic carbocycles. The van der Waals surface area contributed by atoms with Crippen LogP contribution in [0.4, 0.5) is 0 Å². The molecule has 6 heteroatoms. The maximum atomic E-state index is 11.6. The molecule has 2 aromatic heterocycles. The minimum Gasteiger partial charge on any atom is -0.478 e. The molecule has 0 saturated carbocycles. The number of rotatable bonds is 12. The maximum absolute atomic E-state index is 11.6. The van der Waals surface area contributed by atoms with Crippen molar-refractivity contribution in [3.63, 3.8) is 0 Å². The molecule has 0 aliphatic carbocycles. The lowest BCUT2D eigenvalue weighted by Crippen LogP contribution is -2.54. The van der Waals surface area contributed by atoms with Crippen molar-refractivity contribution < 1.29 is 9.90 Å². The Morgan fingerprint density at radius 1 is 0.759 bits per heavy atom. The van der Waals surface area contributed by atoms with Gasteiger partial charge in [0.15, 0.2) is 5.70 Å². The number of aryl methyl sites for hydroxylation is 1. The highest BCUT2D eigenvalue weighted by atomic mass is 32.1. The third-order valence-corrected chi connectivity index (χ3v) is 19.6. The van der Waals surface area contributed by atoms with E-state index in [1.807, 2.05) is 36.5 Å². The SMILES string of the molecule is Cc1cccc2c(C(C)(C)C)c3cccc(C(=O)O)c3cc12.[C-]#[N+]/C(C)=C\c1cc2c(s1)-c1sc(C(C)(C)C)cc1[Si]2(CCCCCC)CCCCCC. The molecule has 1 N–H and O–H groups in total. The molecular formula is C48H61NO2S2Si. The number of hydrogen-bond acceptors (Lipinski definition) is 3. The van der Waals surface area contributed by atoms with Gasteiger partial charge in [-0.3, -0.25) is 0 Å². The third kappa shape index (κ3) is 8.64. The second kappa shape index (κ2) is 17.1. The molecule has 286 valence electrons. The zero-order valence-corrected chi connectivity index (χ0v) is 37.1. The van der Waals surface area contributed by atoms with E-state index in [1.54, 1.807) is 31.1 Å². The van der Waals surface area contributed by atoms with Gasteiger partial charge in [-0.1, -0.05) is 137 Å². The van der Waals surface area contributed by atoms with Crippen molar-refractivity contribution in [3.05, 3.63) is 98.2 Å². The number of hydrogen-bond donors (Lipinski definition) is 1. The molecule has 54 heavy (non-hydrogen) atoms. The summed E-state index contributed by atoms with van der Waals surface area (Å²) in [5.74, 6) is -0.876. The molecule has 0 unspecified atom stereocenters. The largest absolute Gasteiger partial charge is 0.478 e. The Morgan fingerprint density at radius 2 is 1.33 bits per heavy atom. The molecule has 0 bridgehead atoms. The van der Waals surface area contributed by atoms with E-state index in [0.717, 1.165) is 21.9 Å². The van der Waals surface area contributed by atoms with E-state index in [9.17, 15) is 9.90 Å². The quantitative estimate of drug-likeness (QED) is 0.0593. The molecule has 1 aliphatic rings. The van der Waals surface area contributed by atoms with Crippen LogP contribution >= 0.6 is 22.7 Å². The predicted octanol–water partition coefficient (Wildman–Crippen LogP) is 14.4. The molecular weight excluding hydrogens is 715 g/mol. The van der Waals surface area contributed by atoms with Crippen molar-refractivity contribution in [2.24, 2.45) is 0 Å². The summed E-state index contributed by atoms with van der Waals surface area (Å²) in [7, 11) is -1.76. The summed E-state index contributed by atoms with van der Waals surface area (Å²) >= 11 is 4.01. The van der Waals surface area contributed by atoms with Crippen LogP contribution in [-0.4, -0.2) is 19.1 Å². The van der Waals surface area contributed by atoms with Gasteiger partial charge in [-0.2, -0.15) is 0 Å². The van der Waals surface area contributed by atoms with Gasteiger partial charge in [0.25, 0.3) is 0 Å². The number of nitrogens with zero attached hydrogens (tertiary/aromatic N) is 1. The van der Waals surface area contributed by atoms with Gasteiger partial charge in [0.2, 0.25) is 0 Å². The third-order valence-electron chi connectivity index (χ3n) is 11.1. The van der Waals surface area contributed by atoms with Crippen LogP contribution in [0, 0.1) is 13.5 Å². The molecule has 0 radical (unpaired) electrons. The minimum atomic E-state index is -1.76. The van der Waals surface area contributed by atoms with Crippen molar-refractivity contribution in [1.29, 1.82) is 0 Å². The number of benzene rings is 3. The van der Waals surface area contributed by atoms with Gasteiger partial charge in [-0.15, -0.1) is 22.7 Å². The molecule has 1 aliphatic heterocycles. The summed E-state index contributed by atoms with van der Waals surface area (Å²) in [5.41, 5.74) is 3.69. The average molecular weight is 776 g/mol. The van der Waals surface area contributed by atoms with E-state index < -0.39 is 14.0 Å². The van der Waals surface area contributed by atoms with Crippen molar-refractivity contribution in [3.8, 4) is 9.75 Å². The first-order chi connectivity index (χ1) is 25.6. The molecule has 6 rings (SSSR count). The summed E-state index contributed by atoms with van der Waals surface area (Å²) in [6.45, 7) is 29.6. The van der Waals surface area contributed by atoms with E-state index in [4.69, 9.17) is 6.57 Å². The van der Waals surface area contributed by atoms with Crippen LogP contribution in [0.25, 0.3) is 42.2 Å². The lowest BCUT2D eigenvalue weighted by atomic mass is 9.79. The molecule has 0 saturated heterocycles. The first kappa shape index (κ1) is 41.7. The standard InChI is InChI=1S/C28H41NS2Si.C20H20O2/c1-8-10-12-14-16-32(17-15-13-11-9-2)23-19-22(18-21(3)29-7)30-26(23)27-24(32)20-25(31-27)28(4,5)6;1-12-7-5-8-13-16(12)11-17-14(18(13)20(2,3)4)9-6-10-15(17)19(21)22/h18-20H,8-17H2,1-6H3;5-11H,1-4H3,(H,21,22)/b21-18-;. The molecule has 3 nitrogen and oxygen atoms in total. The predicted molar refractivity (Wildman–Crippen MR) is 241 cm³/mol. The topological polar surface area (TPSA) is 41.7 Å². The maximum Gasteiger partial charge on any atom is 0.336 e. The van der Waals surface area contributed by atoms with Crippen LogP contribution in [0.1, 0.15) is 145 Å². The normalized spacial score (nSPS) is 13.8. The number of carboxylic acid groups (broad SMARTS) is 1. The lowest BCUT2D eigenvalue weighted by Gasteiger charge is -2.29. The van der Waals surface area contributed by atoms with Crippen molar-refractivity contribution in [2.45, 2.75) is 144 Å². The van der Waals surface area contributed by atoms with Crippen molar-refractivity contribution >= 4 is 74.7 Å². The fraction of sp³-hybridized carbons (Fsp3) is 0.458. The monoisotopic (exact) mass is 775 g/mol. The van der Waals surface area contributed by atoms with Gasteiger partial charge < -0.3 is 5.11 Å². The highest BCUT2D eigenvalue weighted by Crippen LogP contribution is 2.46. The molecule has 3 heterocycles. The van der Waals surface area contributed by atoms with Crippen LogP contribution in [0.2, 0.25) is 12.1 Å². The first-order valence-corrected chi connectivity index (χ1v) is 24.2. The summed E-state index contributed by atoms with van der Waals surface area (Å²) in [6.07, 6.45) is 12.9. The average Bonchev–Trinajstić information content (AvgIpc) is 3.80. The summed E-state index contributed by atoms with van der Waals surface area (Å²) < 4.78 is 0. The fourth-order valence-corrected chi connectivity index (χ4v) is 17.9. The van der Waals surface area contributed by atoms with Crippen LogP contribution < -0.4 is 10.4 Å². The van der Waals surface area contributed by atoms with Gasteiger partial charge in [0.1, 0.15) is 8.07 Å². The van der Waals surface area contributed by atoms with E-state index >= 15 is 0 Å². The fourth-order valence-electron chi connectivity index (χ4n) is 8.36. The van der Waals surface area contributed by atoms with Crippen LogP contribution in [0.15, 0.2) is 60.3 Å². The summed E-state index contributed by atoms with van der Waals surface area (Å²) in [5, 5.41) is 17.2. The molecule has 5 aromatic rings. The second-order valence-corrected chi connectivity index (χ2v) is 23.9. The van der Waals surface area contributed by atoms with E-state index in [-0.39, 0.29) is 10.8 Å². The molecule has 0 atom stereocenters. The lowest BCUT2D eigenvalue weighted by molar-refractivity contribution is 0.0699. The van der Waals surface area contributed by atoms with Crippen LogP contribution in [0.5, 0.6) is 0 Å². The highest BCUT2D eigenvalue weighted by Gasteiger charge is 2.47. The molecule has 0 spiro atoms. The number of carboxylic acids is 1. The van der Waals surface area contributed by atoms with Gasteiger partial charge in [-0.25, -0.2) is 9.64 Å². The zero-order valence-electron chi connectivity index (χ0n) is 34.5. The first-order valence-electron chi connectivity index (χ1n) is 20.1. The van der Waals surface area contributed by atoms with E-state index in [1.165, 1.54) is 84.8 Å². The Hall–Kier alpha value is -3.50. The number of unbranched alkanes of at least 4 members (excludes halogenated alkanes) is 6. The Bertz CT molecular complexity index is 2190. The van der Waals surface area contributed by atoms with E-state index in [2.05, 4.69) is 115 Å². The summed E-state index contributed by atoms with van der Waals surface area (Å²) in [4.78, 5) is 21.2. The number of fused-ring (bicyclic) bond motifs is 5. The van der Waals surface area contributed by atoms with Gasteiger partial charge in [0, 0.05) is 19.5 Å². The Labute approximate surface area is 334 Å². The second-order valence-electron chi connectivity index (χ2n) is 17.5. The smallest absolute Gasteiger partial charge is 0.336 e. The van der Waals surface area contributed by atoms with Crippen LogP contribution in [-0.2, 0) is 10.8 Å². The Kier molecular flexibility index (Phi) is 13.2. The number of aromatic carboxylic acids is 1. The number of allylic oxidation sites excluding steroid dienone is 1. The van der Waals surface area contributed by atoms with Gasteiger partial charge in [-0.05, 0) is 110 Å². The van der Waals surface area contributed by atoms with Crippen molar-refractivity contribution in [2.75, 3.05) is 0 Å². The number of carbonyl (C=O) groups is 1. The van der Waals surface area contributed by atoms with Crippen LogP contribution in [0.3, 0.4) is 0 Å². The zero-order chi connectivity index (χ0) is 39.4. The summed E-state index contributed by atoms with van der Waals surface area (Å²) in [6, 6.07) is 21.8. The van der Waals surface area contributed by atoms with Gasteiger partial charge in [0.05, 0.1) is 12.1 Å². The highest BCUT2D eigenvalue weighted by molar-refractivity contribution is 7.29.